The molecule has 0 fully saturated rings. The fraction of sp³-hybridized carbons (Fsp3) is 0. The van der Waals surface area contributed by atoms with Crippen LogP contribution in [0, 0.1) is 0 Å². The van der Waals surface area contributed by atoms with Gasteiger partial charge in [0.2, 0.25) is 0 Å². The Bertz CT molecular complexity index is 1170. The van der Waals surface area contributed by atoms with Crippen molar-refractivity contribution in [3.8, 4) is 0 Å². The fourth-order valence-electron chi connectivity index (χ4n) is 2.29. The van der Waals surface area contributed by atoms with E-state index < -0.39 is 10.0 Å². The molecule has 0 bridgehead atoms. The second kappa shape index (κ2) is 5.39. The standard InChI is InChI=1S/C15H11N5O2S2/c16-15-19-12-6-5-9(7-13(12)23-15)24(21,22)20-14-8-17-10-3-1-2-4-11(10)18-14/h1-8H,(H2,16,19)(H,18,20). The van der Waals surface area contributed by atoms with Gasteiger partial charge in [0, 0.05) is 0 Å². The number of hydrogen-bond donors (Lipinski definition) is 2. The van der Waals surface area contributed by atoms with Crippen molar-refractivity contribution in [2.75, 3.05) is 10.5 Å². The number of sulfonamides is 1. The van der Waals surface area contributed by atoms with Crippen molar-refractivity contribution in [1.29, 1.82) is 0 Å². The average molecular weight is 357 g/mol. The van der Waals surface area contributed by atoms with Crippen LogP contribution in [0.2, 0.25) is 0 Å². The summed E-state index contributed by atoms with van der Waals surface area (Å²) in [6.45, 7) is 0. The molecule has 0 atom stereocenters. The van der Waals surface area contributed by atoms with E-state index in [4.69, 9.17) is 5.73 Å². The zero-order valence-corrected chi connectivity index (χ0v) is 13.8. The van der Waals surface area contributed by atoms with Gasteiger partial charge in [0.1, 0.15) is 0 Å². The Balaban J connectivity index is 1.72. The number of nitrogens with two attached hydrogens (primary N) is 1. The van der Waals surface area contributed by atoms with E-state index in [1.807, 2.05) is 18.2 Å². The molecule has 0 aliphatic carbocycles. The Morgan fingerprint density at radius 3 is 2.62 bits per heavy atom. The number of anilines is 2. The molecule has 0 aliphatic heterocycles. The number of benzene rings is 2. The van der Waals surface area contributed by atoms with Crippen molar-refractivity contribution in [2.24, 2.45) is 0 Å². The molecule has 0 saturated heterocycles. The SMILES string of the molecule is Nc1nc2ccc(S(=O)(=O)Nc3cnc4ccccc4n3)cc2s1. The quantitative estimate of drug-likeness (QED) is 0.583. The van der Waals surface area contributed by atoms with Crippen molar-refractivity contribution >= 4 is 53.6 Å². The van der Waals surface area contributed by atoms with Crippen LogP contribution in [0.15, 0.2) is 53.6 Å². The van der Waals surface area contributed by atoms with Gasteiger partial charge in [-0.05, 0) is 30.3 Å². The van der Waals surface area contributed by atoms with Crippen LogP contribution in [0.25, 0.3) is 21.3 Å². The average Bonchev–Trinajstić information content (AvgIpc) is 2.93. The Kier molecular flexibility index (Phi) is 3.32. The highest BCUT2D eigenvalue weighted by Gasteiger charge is 2.17. The predicted molar refractivity (Wildman–Crippen MR) is 94.4 cm³/mol. The van der Waals surface area contributed by atoms with E-state index in [0.29, 0.717) is 26.4 Å². The van der Waals surface area contributed by atoms with Crippen LogP contribution in [0.3, 0.4) is 0 Å². The van der Waals surface area contributed by atoms with Gasteiger partial charge in [-0.2, -0.15) is 0 Å². The van der Waals surface area contributed by atoms with E-state index in [-0.39, 0.29) is 10.7 Å². The molecule has 0 aliphatic rings. The lowest BCUT2D eigenvalue weighted by atomic mass is 10.3. The van der Waals surface area contributed by atoms with Crippen molar-refractivity contribution in [3.63, 3.8) is 0 Å². The Morgan fingerprint density at radius 1 is 1.00 bits per heavy atom. The van der Waals surface area contributed by atoms with Gasteiger partial charge in [-0.15, -0.1) is 0 Å². The van der Waals surface area contributed by atoms with Gasteiger partial charge in [0.25, 0.3) is 10.0 Å². The van der Waals surface area contributed by atoms with Gasteiger partial charge < -0.3 is 5.73 Å². The lowest BCUT2D eigenvalue weighted by molar-refractivity contribution is 0.601. The number of nitrogen functional groups attached to an aromatic ring is 1. The van der Waals surface area contributed by atoms with Gasteiger partial charge in [-0.25, -0.2) is 18.4 Å². The lowest BCUT2D eigenvalue weighted by Gasteiger charge is -2.07. The monoisotopic (exact) mass is 357 g/mol. The van der Waals surface area contributed by atoms with Crippen molar-refractivity contribution in [1.82, 2.24) is 15.0 Å². The molecule has 0 amide bonds. The maximum atomic E-state index is 12.6. The van der Waals surface area contributed by atoms with Crippen molar-refractivity contribution in [3.05, 3.63) is 48.7 Å². The van der Waals surface area contributed by atoms with E-state index in [1.165, 1.54) is 23.6 Å². The summed E-state index contributed by atoms with van der Waals surface area (Å²) in [6, 6.07) is 11.9. The summed E-state index contributed by atoms with van der Waals surface area (Å²) in [5, 5.41) is 0.396. The molecule has 9 heteroatoms. The summed E-state index contributed by atoms with van der Waals surface area (Å²) in [6.07, 6.45) is 1.39. The molecule has 0 radical (unpaired) electrons. The summed E-state index contributed by atoms with van der Waals surface area (Å²) in [5.41, 5.74) is 7.63. The van der Waals surface area contributed by atoms with E-state index in [0.717, 1.165) is 0 Å². The third-order valence-electron chi connectivity index (χ3n) is 3.37. The number of para-hydroxylation sites is 2. The number of nitrogens with zero attached hydrogens (tertiary/aromatic N) is 3. The summed E-state index contributed by atoms with van der Waals surface area (Å²) < 4.78 is 28.3. The first-order valence-corrected chi connectivity index (χ1v) is 9.22. The molecular formula is C15H11N5O2S2. The van der Waals surface area contributed by atoms with E-state index in [1.54, 1.807) is 18.2 Å². The maximum Gasteiger partial charge on any atom is 0.263 e. The first-order chi connectivity index (χ1) is 11.5. The molecule has 3 N–H and O–H groups in total. The second-order valence-corrected chi connectivity index (χ2v) is 7.78. The first-order valence-electron chi connectivity index (χ1n) is 6.92. The second-order valence-electron chi connectivity index (χ2n) is 5.03. The van der Waals surface area contributed by atoms with Gasteiger partial charge in [-0.1, -0.05) is 23.5 Å². The molecular weight excluding hydrogens is 346 g/mol. The van der Waals surface area contributed by atoms with E-state index >= 15 is 0 Å². The number of rotatable bonds is 3. The number of nitrogens with one attached hydrogen (secondary N) is 1. The normalized spacial score (nSPS) is 11.8. The van der Waals surface area contributed by atoms with Crippen LogP contribution in [0.5, 0.6) is 0 Å². The molecule has 0 spiro atoms. The number of thiazole rings is 1. The predicted octanol–water partition coefficient (Wildman–Crippen LogP) is 2.62. The molecule has 24 heavy (non-hydrogen) atoms. The Hall–Kier alpha value is -2.78. The van der Waals surface area contributed by atoms with E-state index in [2.05, 4.69) is 19.7 Å². The summed E-state index contributed by atoms with van der Waals surface area (Å²) in [4.78, 5) is 12.7. The first kappa shape index (κ1) is 14.8. The molecule has 4 aromatic rings. The fourth-order valence-corrected chi connectivity index (χ4v) is 4.15. The zero-order chi connectivity index (χ0) is 16.7. The number of fused-ring (bicyclic) bond motifs is 2. The molecule has 120 valence electrons. The molecule has 4 rings (SSSR count). The minimum atomic E-state index is -3.78. The van der Waals surface area contributed by atoms with E-state index in [9.17, 15) is 8.42 Å². The van der Waals surface area contributed by atoms with Gasteiger partial charge in [0.05, 0.1) is 32.3 Å². The topological polar surface area (TPSA) is 111 Å². The molecule has 7 nitrogen and oxygen atoms in total. The maximum absolute atomic E-state index is 12.6. The minimum Gasteiger partial charge on any atom is -0.375 e. The Morgan fingerprint density at radius 2 is 1.79 bits per heavy atom. The third-order valence-corrected chi connectivity index (χ3v) is 5.57. The van der Waals surface area contributed by atoms with Gasteiger partial charge >= 0.3 is 0 Å². The van der Waals surface area contributed by atoms with Crippen LogP contribution in [-0.2, 0) is 10.0 Å². The summed E-state index contributed by atoms with van der Waals surface area (Å²) in [5.74, 6) is 0.164. The molecule has 2 aromatic carbocycles. The van der Waals surface area contributed by atoms with Crippen molar-refractivity contribution in [2.45, 2.75) is 4.90 Å². The van der Waals surface area contributed by atoms with Crippen LogP contribution in [0.4, 0.5) is 10.9 Å². The highest BCUT2D eigenvalue weighted by molar-refractivity contribution is 7.92. The lowest BCUT2D eigenvalue weighted by Crippen LogP contribution is -2.14. The zero-order valence-electron chi connectivity index (χ0n) is 12.2. The van der Waals surface area contributed by atoms with Crippen LogP contribution in [-0.4, -0.2) is 23.4 Å². The largest absolute Gasteiger partial charge is 0.375 e. The minimum absolute atomic E-state index is 0.119. The third kappa shape index (κ3) is 2.63. The number of aromatic nitrogens is 3. The van der Waals surface area contributed by atoms with Crippen LogP contribution < -0.4 is 10.5 Å². The molecule has 0 saturated carbocycles. The van der Waals surface area contributed by atoms with Gasteiger partial charge in [-0.3, -0.25) is 9.71 Å². The highest BCUT2D eigenvalue weighted by Crippen LogP contribution is 2.27. The molecule has 0 unspecified atom stereocenters. The van der Waals surface area contributed by atoms with Gasteiger partial charge in [0.15, 0.2) is 10.9 Å². The Labute approximate surface area is 141 Å². The highest BCUT2D eigenvalue weighted by atomic mass is 32.2. The molecule has 2 aromatic heterocycles. The van der Waals surface area contributed by atoms with Crippen molar-refractivity contribution < 1.29 is 8.42 Å². The number of hydrogen-bond acceptors (Lipinski definition) is 7. The summed E-state index contributed by atoms with van der Waals surface area (Å²) in [7, 11) is -3.78. The molecule has 2 heterocycles. The van der Waals surface area contributed by atoms with Crippen LogP contribution in [0.1, 0.15) is 0 Å². The van der Waals surface area contributed by atoms with Crippen LogP contribution >= 0.6 is 11.3 Å². The summed E-state index contributed by atoms with van der Waals surface area (Å²) >= 11 is 1.24. The smallest absolute Gasteiger partial charge is 0.263 e.